The molecule has 5 nitrogen and oxygen atoms in total. The number of halogens is 1. The minimum atomic E-state index is -0.347. The summed E-state index contributed by atoms with van der Waals surface area (Å²) in [5.41, 5.74) is 1.92. The van der Waals surface area contributed by atoms with E-state index in [0.717, 1.165) is 49.5 Å². The molecule has 0 aliphatic carbocycles. The van der Waals surface area contributed by atoms with Crippen molar-refractivity contribution in [1.29, 1.82) is 0 Å². The van der Waals surface area contributed by atoms with Gasteiger partial charge in [-0.1, -0.05) is 30.7 Å². The number of hydrogen-bond donors (Lipinski definition) is 0. The number of nitrogens with zero attached hydrogens (tertiary/aromatic N) is 2. The summed E-state index contributed by atoms with van der Waals surface area (Å²) in [6.45, 7) is 4.40. The summed E-state index contributed by atoms with van der Waals surface area (Å²) in [7, 11) is 0. The Morgan fingerprint density at radius 3 is 2.32 bits per heavy atom. The molecule has 2 saturated heterocycles. The Morgan fingerprint density at radius 1 is 1.00 bits per heavy atom. The second-order valence-electron chi connectivity index (χ2n) is 8.44. The third kappa shape index (κ3) is 5.10. The van der Waals surface area contributed by atoms with Gasteiger partial charge in [0.05, 0.1) is 24.8 Å². The molecule has 2 aromatic rings. The van der Waals surface area contributed by atoms with Crippen LogP contribution in [0.4, 0.5) is 5.69 Å². The minimum Gasteiger partial charge on any atom is -0.494 e. The number of benzene rings is 2. The highest BCUT2D eigenvalue weighted by atomic mass is 35.5. The van der Waals surface area contributed by atoms with Gasteiger partial charge in [-0.15, -0.1) is 0 Å². The third-order valence-electron chi connectivity index (χ3n) is 6.22. The average molecular weight is 441 g/mol. The predicted molar refractivity (Wildman–Crippen MR) is 123 cm³/mol. The quantitative estimate of drug-likeness (QED) is 0.585. The van der Waals surface area contributed by atoms with Gasteiger partial charge in [0.15, 0.2) is 0 Å². The van der Waals surface area contributed by atoms with E-state index in [2.05, 4.69) is 24.0 Å². The molecule has 0 aromatic heterocycles. The Balaban J connectivity index is 1.34. The molecule has 0 N–H and O–H groups in total. The van der Waals surface area contributed by atoms with Crippen molar-refractivity contribution in [2.24, 2.45) is 5.92 Å². The van der Waals surface area contributed by atoms with Gasteiger partial charge >= 0.3 is 0 Å². The zero-order valence-corrected chi connectivity index (χ0v) is 18.7. The fourth-order valence-corrected chi connectivity index (χ4v) is 4.63. The van der Waals surface area contributed by atoms with Crippen LogP contribution in [0.5, 0.6) is 5.75 Å². The molecule has 164 valence electrons. The second-order valence-corrected chi connectivity index (χ2v) is 8.88. The van der Waals surface area contributed by atoms with Crippen LogP contribution >= 0.6 is 11.6 Å². The molecule has 0 bridgehead atoms. The highest BCUT2D eigenvalue weighted by Gasteiger charge is 2.43. The highest BCUT2D eigenvalue weighted by molar-refractivity contribution is 6.30. The van der Waals surface area contributed by atoms with Crippen molar-refractivity contribution in [3.8, 4) is 5.75 Å². The average Bonchev–Trinajstić information content (AvgIpc) is 3.09. The summed E-state index contributed by atoms with van der Waals surface area (Å²) in [5, 5.41) is 0.760. The number of imide groups is 1. The fourth-order valence-electron chi connectivity index (χ4n) is 4.51. The van der Waals surface area contributed by atoms with Crippen LogP contribution in [0.15, 0.2) is 48.5 Å². The molecule has 2 amide bonds. The Kier molecular flexibility index (Phi) is 6.93. The molecule has 2 fully saturated rings. The summed E-state index contributed by atoms with van der Waals surface area (Å²) < 4.78 is 5.60. The highest BCUT2D eigenvalue weighted by Crippen LogP contribution is 2.30. The number of carbonyl (C=O) groups is 2. The van der Waals surface area contributed by atoms with E-state index >= 15 is 0 Å². The second kappa shape index (κ2) is 9.84. The van der Waals surface area contributed by atoms with Gasteiger partial charge in [-0.3, -0.25) is 14.5 Å². The van der Waals surface area contributed by atoms with Gasteiger partial charge in [0.25, 0.3) is 5.91 Å². The Labute approximate surface area is 188 Å². The van der Waals surface area contributed by atoms with Crippen molar-refractivity contribution in [2.45, 2.75) is 45.1 Å². The minimum absolute atomic E-state index is 0.108. The Bertz CT molecular complexity index is 905. The summed E-state index contributed by atoms with van der Waals surface area (Å²) >= 11 is 5.98. The molecule has 2 aliphatic heterocycles. The first-order valence-corrected chi connectivity index (χ1v) is 11.5. The lowest BCUT2D eigenvalue weighted by Crippen LogP contribution is -2.46. The van der Waals surface area contributed by atoms with Gasteiger partial charge in [0.2, 0.25) is 5.91 Å². The molecule has 0 unspecified atom stereocenters. The zero-order valence-electron chi connectivity index (χ0n) is 17.9. The van der Waals surface area contributed by atoms with E-state index in [9.17, 15) is 9.59 Å². The van der Waals surface area contributed by atoms with Crippen LogP contribution in [0, 0.1) is 5.92 Å². The number of anilines is 1. The van der Waals surface area contributed by atoms with Gasteiger partial charge in [-0.25, -0.2) is 4.90 Å². The van der Waals surface area contributed by atoms with Gasteiger partial charge in [0.1, 0.15) is 5.75 Å². The van der Waals surface area contributed by atoms with Crippen LogP contribution in [0.25, 0.3) is 0 Å². The number of rotatable bonds is 7. The molecule has 1 atom stereocenters. The van der Waals surface area contributed by atoms with Crippen LogP contribution in [-0.2, 0) is 16.0 Å². The van der Waals surface area contributed by atoms with Gasteiger partial charge in [0, 0.05) is 5.02 Å². The molecule has 0 spiro atoms. The summed E-state index contributed by atoms with van der Waals surface area (Å²) in [6, 6.07) is 14.9. The number of piperidine rings is 1. The Morgan fingerprint density at radius 2 is 1.68 bits per heavy atom. The topological polar surface area (TPSA) is 49.9 Å². The number of carbonyl (C=O) groups excluding carboxylic acids is 2. The maximum Gasteiger partial charge on any atom is 0.251 e. The number of likely N-dealkylation sites (tertiary alicyclic amines) is 1. The first-order valence-electron chi connectivity index (χ1n) is 11.1. The molecule has 0 radical (unpaired) electrons. The molecular formula is C25H29ClN2O3. The van der Waals surface area contributed by atoms with Crippen molar-refractivity contribution in [1.82, 2.24) is 4.90 Å². The summed E-state index contributed by atoms with van der Waals surface area (Å²) in [6.07, 6.45) is 4.28. The van der Waals surface area contributed by atoms with Crippen LogP contribution in [-0.4, -0.2) is 42.5 Å². The van der Waals surface area contributed by atoms with Crippen molar-refractivity contribution in [2.75, 3.05) is 24.6 Å². The normalized spacial score (nSPS) is 20.5. The first-order chi connectivity index (χ1) is 15.0. The molecule has 2 heterocycles. The van der Waals surface area contributed by atoms with E-state index in [1.807, 2.05) is 24.3 Å². The van der Waals surface area contributed by atoms with E-state index in [1.54, 1.807) is 12.1 Å². The van der Waals surface area contributed by atoms with E-state index in [0.29, 0.717) is 18.2 Å². The summed E-state index contributed by atoms with van der Waals surface area (Å²) in [5.74, 6) is 1.12. The van der Waals surface area contributed by atoms with Gasteiger partial charge in [-0.05, 0) is 86.7 Å². The maximum atomic E-state index is 13.1. The molecule has 2 aliphatic rings. The SMILES string of the molecule is CCCOc1ccc(N2C(=O)C[C@@H](N3CCC(Cc4ccc(Cl)cc4)CC3)C2=O)cc1. The standard InChI is InChI=1S/C25H29ClN2O3/c1-2-15-31-22-9-7-21(8-10-22)28-24(29)17-23(25(28)30)27-13-11-19(12-14-27)16-18-3-5-20(26)6-4-18/h3-10,19,23H,2,11-17H2,1H3/t23-/m1/s1. The number of ether oxygens (including phenoxy) is 1. The largest absolute Gasteiger partial charge is 0.494 e. The van der Waals surface area contributed by atoms with Gasteiger partial charge in [-0.2, -0.15) is 0 Å². The first kappa shape index (κ1) is 21.8. The third-order valence-corrected chi connectivity index (χ3v) is 6.47. The lowest BCUT2D eigenvalue weighted by molar-refractivity contribution is -0.123. The van der Waals surface area contributed by atoms with E-state index < -0.39 is 0 Å². The van der Waals surface area contributed by atoms with Crippen molar-refractivity contribution >= 4 is 29.1 Å². The van der Waals surface area contributed by atoms with E-state index in [4.69, 9.17) is 16.3 Å². The summed E-state index contributed by atoms with van der Waals surface area (Å²) in [4.78, 5) is 29.3. The zero-order chi connectivity index (χ0) is 21.8. The van der Waals surface area contributed by atoms with Crippen molar-refractivity contribution in [3.05, 3.63) is 59.1 Å². The van der Waals surface area contributed by atoms with E-state index in [-0.39, 0.29) is 24.3 Å². The predicted octanol–water partition coefficient (Wildman–Crippen LogP) is 4.72. The molecule has 4 rings (SSSR count). The van der Waals surface area contributed by atoms with Gasteiger partial charge < -0.3 is 4.74 Å². The molecule has 6 heteroatoms. The smallest absolute Gasteiger partial charge is 0.251 e. The number of hydrogen-bond acceptors (Lipinski definition) is 4. The van der Waals surface area contributed by atoms with Crippen LogP contribution in [0.3, 0.4) is 0 Å². The van der Waals surface area contributed by atoms with Crippen molar-refractivity contribution < 1.29 is 14.3 Å². The number of amides is 2. The van der Waals surface area contributed by atoms with Crippen molar-refractivity contribution in [3.63, 3.8) is 0 Å². The molecule has 0 saturated carbocycles. The molecule has 31 heavy (non-hydrogen) atoms. The van der Waals surface area contributed by atoms with Crippen LogP contribution < -0.4 is 9.64 Å². The lowest BCUT2D eigenvalue weighted by atomic mass is 9.89. The van der Waals surface area contributed by atoms with Crippen LogP contribution in [0.1, 0.15) is 38.2 Å². The van der Waals surface area contributed by atoms with Crippen LogP contribution in [0.2, 0.25) is 5.02 Å². The van der Waals surface area contributed by atoms with E-state index in [1.165, 1.54) is 10.5 Å². The lowest BCUT2D eigenvalue weighted by Gasteiger charge is -2.34. The maximum absolute atomic E-state index is 13.1. The Hall–Kier alpha value is -2.37. The molecular weight excluding hydrogens is 412 g/mol. The molecule has 2 aromatic carbocycles. The fraction of sp³-hybridized carbons (Fsp3) is 0.440. The monoisotopic (exact) mass is 440 g/mol.